The maximum Gasteiger partial charge on any atom is 0.582 e. The molecule has 2 saturated heterocycles. The van der Waals surface area contributed by atoms with Gasteiger partial charge in [0.1, 0.15) is 49.4 Å². The molecule has 0 aromatic carbocycles. The smallest absolute Gasteiger partial charge is 0.394 e. The summed E-state index contributed by atoms with van der Waals surface area (Å²) in [6.45, 7) is -0.0953. The van der Waals surface area contributed by atoms with Crippen molar-refractivity contribution in [3.8, 4) is 0 Å². The van der Waals surface area contributed by atoms with Crippen LogP contribution in [0.25, 0.3) is 22.3 Å². The summed E-state index contributed by atoms with van der Waals surface area (Å²) in [6, 6.07) is 0. The molecule has 48 heavy (non-hydrogen) atoms. The SMILES string of the molecule is O=[P+](S)O[C@@H]1C(CO)O[C@@H](n2cnc3c(NCCCCNc4ncnc5c4ncn5[C@@H]4OC(CO)[C@@H](O[P+](=O)S)[C@H]4F)ncnc32)[C@@H]1F. The van der Waals surface area contributed by atoms with Gasteiger partial charge in [0.15, 0.2) is 71.0 Å². The van der Waals surface area contributed by atoms with Gasteiger partial charge >= 0.3 is 14.5 Å². The van der Waals surface area contributed by atoms with Gasteiger partial charge in [0.2, 0.25) is 0 Å². The average Bonchev–Trinajstić information content (AvgIpc) is 3.83. The summed E-state index contributed by atoms with van der Waals surface area (Å²) in [7, 11) is -4.85. The Labute approximate surface area is 282 Å². The second kappa shape index (κ2) is 15.4. The number of nitrogens with zero attached hydrogens (tertiary/aromatic N) is 8. The quantitative estimate of drug-likeness (QED) is 0.0584. The number of aliphatic hydroxyl groups is 2. The van der Waals surface area contributed by atoms with Crippen molar-refractivity contribution in [2.24, 2.45) is 0 Å². The number of alkyl halides is 2. The minimum absolute atomic E-state index is 0.288. The van der Waals surface area contributed by atoms with E-state index in [0.717, 1.165) is 0 Å². The van der Waals surface area contributed by atoms with E-state index in [1.807, 2.05) is 0 Å². The van der Waals surface area contributed by atoms with Crippen LogP contribution >= 0.6 is 39.0 Å². The predicted octanol–water partition coefficient (Wildman–Crippen LogP) is 2.67. The number of hydrogen-bond acceptors (Lipinski definition) is 16. The van der Waals surface area contributed by atoms with Gasteiger partial charge in [-0.2, -0.15) is 0 Å². The van der Waals surface area contributed by atoms with Crippen molar-refractivity contribution >= 4 is 72.9 Å². The van der Waals surface area contributed by atoms with Crippen molar-refractivity contribution in [2.75, 3.05) is 36.9 Å². The first kappa shape index (κ1) is 35.1. The molecule has 0 radical (unpaired) electrons. The Hall–Kier alpha value is -2.78. The van der Waals surface area contributed by atoms with E-state index in [2.05, 4.69) is 65.0 Å². The fraction of sp³-hybridized carbons (Fsp3) is 0.583. The number of anilines is 2. The first-order chi connectivity index (χ1) is 23.2. The van der Waals surface area contributed by atoms with Gasteiger partial charge in [-0.3, -0.25) is 9.13 Å². The maximum absolute atomic E-state index is 15.2. The van der Waals surface area contributed by atoms with Crippen LogP contribution in [0, 0.1) is 0 Å². The van der Waals surface area contributed by atoms with Gasteiger partial charge in [-0.25, -0.2) is 38.7 Å². The first-order valence-electron chi connectivity index (χ1n) is 14.5. The third-order valence-electron chi connectivity index (χ3n) is 7.77. The van der Waals surface area contributed by atoms with Crippen LogP contribution in [0.2, 0.25) is 0 Å². The summed E-state index contributed by atoms with van der Waals surface area (Å²) in [5, 5.41) is 25.6. The molecule has 2 aliphatic heterocycles. The van der Waals surface area contributed by atoms with E-state index in [1.165, 1.54) is 34.4 Å². The van der Waals surface area contributed by atoms with Gasteiger partial charge in [0.05, 0.1) is 25.9 Å². The molecule has 10 atom stereocenters. The van der Waals surface area contributed by atoms with E-state index in [4.69, 9.17) is 18.5 Å². The summed E-state index contributed by atoms with van der Waals surface area (Å²) >= 11 is 7.36. The molecule has 6 heterocycles. The Morgan fingerprint density at radius 1 is 0.750 bits per heavy atom. The van der Waals surface area contributed by atoms with E-state index in [-0.39, 0.29) is 11.3 Å². The molecule has 4 aromatic rings. The molecular weight excluding hydrogens is 720 g/mol. The van der Waals surface area contributed by atoms with Crippen LogP contribution in [0.1, 0.15) is 25.3 Å². The van der Waals surface area contributed by atoms with Crippen molar-refractivity contribution in [1.29, 1.82) is 0 Å². The lowest BCUT2D eigenvalue weighted by Crippen LogP contribution is -2.31. The Bertz CT molecular complexity index is 1650. The fourth-order valence-electron chi connectivity index (χ4n) is 5.59. The lowest BCUT2D eigenvalue weighted by Gasteiger charge is -2.15. The standard InChI is InChI=1S/C24H28F2N10O8P2S2/c25-13-17(43-45(39)47)11(5-37)41-23(13)35-9-33-15-19(29-7-31-21(15)35)27-3-1-2-4-28-20-16-22(32-8-30-20)36(10-34-16)24-14(26)18(44-46(40)48)12(6-38)42-24/h7-14,17-18,23-24,37-38H,1-6H2,(H2-2,27,28,29,30,31,32,39,40,47,48)/p+2/t11?,12?,13-,14-,17-,18-,23-,24-/m1/s1. The van der Waals surface area contributed by atoms with E-state index >= 15 is 8.78 Å². The Kier molecular flexibility index (Phi) is 11.3. The maximum atomic E-state index is 15.2. The highest BCUT2D eigenvalue weighted by Gasteiger charge is 2.52. The topological polar surface area (TPSA) is 223 Å². The third-order valence-corrected chi connectivity index (χ3v) is 9.19. The summed E-state index contributed by atoms with van der Waals surface area (Å²) < 4.78 is 77.5. The van der Waals surface area contributed by atoms with E-state index < -0.39 is 76.9 Å². The fourth-order valence-corrected chi connectivity index (χ4v) is 7.16. The van der Waals surface area contributed by atoms with Crippen molar-refractivity contribution in [2.45, 2.75) is 62.1 Å². The highest BCUT2D eigenvalue weighted by Crippen LogP contribution is 2.42. The molecule has 0 saturated carbocycles. The van der Waals surface area contributed by atoms with Gasteiger partial charge in [-0.1, -0.05) is 0 Å². The summed E-state index contributed by atoms with van der Waals surface area (Å²) in [5.74, 6) is 0.844. The Morgan fingerprint density at radius 3 is 1.54 bits per heavy atom. The number of hydrogen-bond donors (Lipinski definition) is 6. The highest BCUT2D eigenvalue weighted by molar-refractivity contribution is 8.39. The molecule has 258 valence electrons. The zero-order valence-corrected chi connectivity index (χ0v) is 28.2. The number of rotatable bonds is 15. The molecule has 2 aliphatic rings. The molecule has 4 aromatic heterocycles. The summed E-state index contributed by atoms with van der Waals surface area (Å²) in [4.78, 5) is 25.6. The van der Waals surface area contributed by atoms with Gasteiger partial charge in [-0.15, -0.1) is 9.05 Å². The lowest BCUT2D eigenvalue weighted by molar-refractivity contribution is -0.0427. The average molecular weight is 751 g/mol. The normalized spacial score (nSPS) is 28.0. The summed E-state index contributed by atoms with van der Waals surface area (Å²) in [6.07, 6.45) is -4.02. The van der Waals surface area contributed by atoms with Crippen LogP contribution in [-0.2, 0) is 27.7 Å². The molecular formula is C24H30F2N10O8P2S2+2. The number of thiol groups is 2. The molecule has 4 N–H and O–H groups in total. The predicted molar refractivity (Wildman–Crippen MR) is 172 cm³/mol. The molecule has 0 spiro atoms. The molecule has 0 bridgehead atoms. The minimum Gasteiger partial charge on any atom is -0.394 e. The number of imidazole rings is 2. The zero-order chi connectivity index (χ0) is 33.9. The molecule has 18 nitrogen and oxygen atoms in total. The van der Waals surface area contributed by atoms with Crippen molar-refractivity contribution in [3.63, 3.8) is 0 Å². The highest BCUT2D eigenvalue weighted by atomic mass is 32.7. The third kappa shape index (κ3) is 7.09. The molecule has 24 heteroatoms. The van der Waals surface area contributed by atoms with Gasteiger partial charge in [0, 0.05) is 13.1 Å². The number of aliphatic hydroxyl groups excluding tert-OH is 2. The molecule has 0 aliphatic carbocycles. The lowest BCUT2D eigenvalue weighted by atomic mass is 10.1. The molecule has 0 amide bonds. The summed E-state index contributed by atoms with van der Waals surface area (Å²) in [5.41, 5.74) is 1.33. The largest absolute Gasteiger partial charge is 0.582 e. The van der Waals surface area contributed by atoms with Crippen LogP contribution in [0.5, 0.6) is 0 Å². The van der Waals surface area contributed by atoms with Crippen molar-refractivity contribution < 1.29 is 46.6 Å². The van der Waals surface area contributed by atoms with Crippen LogP contribution < -0.4 is 10.6 Å². The molecule has 6 rings (SSSR count). The number of fused-ring (bicyclic) bond motifs is 2. The van der Waals surface area contributed by atoms with Crippen LogP contribution in [0.4, 0.5) is 20.4 Å². The van der Waals surface area contributed by atoms with Crippen LogP contribution in [-0.4, -0.2) is 112 Å². The number of ether oxygens (including phenoxy) is 2. The van der Waals surface area contributed by atoms with Crippen LogP contribution in [0.3, 0.4) is 0 Å². The second-order valence-electron chi connectivity index (χ2n) is 10.7. The molecule has 2 fully saturated rings. The zero-order valence-electron chi connectivity index (χ0n) is 24.6. The van der Waals surface area contributed by atoms with Crippen LogP contribution in [0.15, 0.2) is 25.3 Å². The second-order valence-corrected chi connectivity index (χ2v) is 14.0. The first-order valence-corrected chi connectivity index (χ1v) is 19.2. The minimum atomic E-state index is -2.43. The number of halogens is 2. The number of nitrogens with one attached hydrogen (secondary N) is 2. The van der Waals surface area contributed by atoms with Gasteiger partial charge in [-0.05, 0) is 22.0 Å². The monoisotopic (exact) mass is 750 g/mol. The Balaban J connectivity index is 1.04. The van der Waals surface area contributed by atoms with E-state index in [1.54, 1.807) is 0 Å². The van der Waals surface area contributed by atoms with E-state index in [0.29, 0.717) is 48.6 Å². The van der Waals surface area contributed by atoms with E-state index in [9.17, 15) is 19.3 Å². The van der Waals surface area contributed by atoms with Gasteiger partial charge < -0.3 is 30.3 Å². The number of aromatic nitrogens is 8. The van der Waals surface area contributed by atoms with Crippen molar-refractivity contribution in [1.82, 2.24) is 39.0 Å². The van der Waals surface area contributed by atoms with Crippen molar-refractivity contribution in [3.05, 3.63) is 25.3 Å². The Morgan fingerprint density at radius 2 is 1.17 bits per heavy atom. The molecule has 4 unspecified atom stereocenters. The number of unbranched alkanes of at least 4 members (excludes halogenated alkanes) is 1. The van der Waals surface area contributed by atoms with Gasteiger partial charge in [0.25, 0.3) is 0 Å².